The molecule has 1 aromatic carbocycles. The van der Waals surface area contributed by atoms with E-state index in [2.05, 4.69) is 36.3 Å². The molecule has 0 fully saturated rings. The summed E-state index contributed by atoms with van der Waals surface area (Å²) in [5.74, 6) is 0.118. The Morgan fingerprint density at radius 1 is 1.30 bits per heavy atom. The minimum Gasteiger partial charge on any atom is -0.496 e. The van der Waals surface area contributed by atoms with Crippen molar-refractivity contribution in [3.8, 4) is 16.3 Å². The van der Waals surface area contributed by atoms with Gasteiger partial charge in [0.15, 0.2) is 5.01 Å². The molecule has 2 rings (SSSR count). The number of rotatable bonds is 4. The monoisotopic (exact) mass is 295 g/mol. The summed E-state index contributed by atoms with van der Waals surface area (Å²) in [6, 6.07) is 4.72. The summed E-state index contributed by atoms with van der Waals surface area (Å²) in [6.07, 6.45) is 0. The number of methoxy groups -OCH3 is 1. The smallest absolute Gasteiger partial charge is 0.154 e. The molecule has 0 unspecified atom stereocenters. The molecule has 0 saturated heterocycles. The Morgan fingerprint density at radius 3 is 2.70 bits per heavy atom. The Morgan fingerprint density at radius 2 is 2.05 bits per heavy atom. The molecule has 20 heavy (non-hydrogen) atoms. The van der Waals surface area contributed by atoms with Gasteiger partial charge in [-0.15, -0.1) is 10.2 Å². The fourth-order valence-electron chi connectivity index (χ4n) is 1.65. The van der Waals surface area contributed by atoms with Crippen LogP contribution in [0.4, 0.5) is 4.39 Å². The maximum Gasteiger partial charge on any atom is 0.154 e. The van der Waals surface area contributed by atoms with Crippen LogP contribution in [0.1, 0.15) is 25.8 Å². The van der Waals surface area contributed by atoms with Crippen molar-refractivity contribution >= 4 is 11.3 Å². The Balaban J connectivity index is 2.25. The average molecular weight is 295 g/mol. The van der Waals surface area contributed by atoms with Crippen molar-refractivity contribution in [3.63, 3.8) is 0 Å². The van der Waals surface area contributed by atoms with Crippen molar-refractivity contribution in [2.24, 2.45) is 0 Å². The fourth-order valence-corrected chi connectivity index (χ4v) is 2.48. The van der Waals surface area contributed by atoms with Gasteiger partial charge in [-0.1, -0.05) is 17.4 Å². The second-order valence-corrected chi connectivity index (χ2v) is 6.48. The van der Waals surface area contributed by atoms with Crippen LogP contribution in [-0.4, -0.2) is 22.8 Å². The first-order chi connectivity index (χ1) is 9.40. The second-order valence-electron chi connectivity index (χ2n) is 5.42. The van der Waals surface area contributed by atoms with E-state index in [4.69, 9.17) is 4.74 Å². The number of hydrogen-bond donors (Lipinski definition) is 1. The van der Waals surface area contributed by atoms with Gasteiger partial charge in [-0.2, -0.15) is 0 Å². The maximum absolute atomic E-state index is 14.0. The first kappa shape index (κ1) is 14.9. The van der Waals surface area contributed by atoms with Crippen LogP contribution in [0.25, 0.3) is 10.6 Å². The molecule has 1 aromatic heterocycles. The number of nitrogens with one attached hydrogen (secondary N) is 1. The number of hydrogen-bond acceptors (Lipinski definition) is 5. The van der Waals surface area contributed by atoms with Gasteiger partial charge < -0.3 is 10.1 Å². The van der Waals surface area contributed by atoms with Crippen molar-refractivity contribution in [3.05, 3.63) is 29.0 Å². The number of halogens is 1. The van der Waals surface area contributed by atoms with Gasteiger partial charge >= 0.3 is 0 Å². The average Bonchev–Trinajstić information content (AvgIpc) is 2.83. The van der Waals surface area contributed by atoms with E-state index in [1.807, 2.05) is 0 Å². The zero-order valence-corrected chi connectivity index (χ0v) is 12.8. The molecule has 0 amide bonds. The van der Waals surface area contributed by atoms with Gasteiger partial charge in [0.2, 0.25) is 0 Å². The van der Waals surface area contributed by atoms with Crippen molar-refractivity contribution in [2.45, 2.75) is 32.9 Å². The molecule has 1 N–H and O–H groups in total. The minimum absolute atomic E-state index is 0.00151. The third kappa shape index (κ3) is 3.52. The summed E-state index contributed by atoms with van der Waals surface area (Å²) in [6.45, 7) is 6.84. The molecule has 0 aliphatic heterocycles. The van der Waals surface area contributed by atoms with E-state index in [0.717, 1.165) is 5.01 Å². The second kappa shape index (κ2) is 5.85. The number of ether oxygens (including phenoxy) is 1. The Kier molecular flexibility index (Phi) is 4.35. The molecular weight excluding hydrogens is 277 g/mol. The highest BCUT2D eigenvalue weighted by Gasteiger charge is 2.17. The van der Waals surface area contributed by atoms with Gasteiger partial charge in [0.25, 0.3) is 0 Å². The zero-order valence-electron chi connectivity index (χ0n) is 12.0. The van der Waals surface area contributed by atoms with E-state index in [1.54, 1.807) is 12.1 Å². The predicted octanol–water partition coefficient (Wildman–Crippen LogP) is 3.24. The number of aromatic nitrogens is 2. The highest BCUT2D eigenvalue weighted by molar-refractivity contribution is 7.14. The van der Waals surface area contributed by atoms with Crippen LogP contribution >= 0.6 is 11.3 Å². The van der Waals surface area contributed by atoms with Crippen molar-refractivity contribution in [1.29, 1.82) is 0 Å². The summed E-state index contributed by atoms with van der Waals surface area (Å²) in [5.41, 5.74) is 0.371. The molecule has 1 heterocycles. The molecule has 0 bridgehead atoms. The first-order valence-electron chi connectivity index (χ1n) is 6.31. The van der Waals surface area contributed by atoms with Crippen LogP contribution in [0.5, 0.6) is 5.75 Å². The molecule has 0 radical (unpaired) electrons. The van der Waals surface area contributed by atoms with E-state index in [0.29, 0.717) is 22.9 Å². The van der Waals surface area contributed by atoms with Crippen LogP contribution in [0, 0.1) is 5.82 Å². The first-order valence-corrected chi connectivity index (χ1v) is 7.12. The lowest BCUT2D eigenvalue weighted by Gasteiger charge is -2.19. The van der Waals surface area contributed by atoms with E-state index in [9.17, 15) is 4.39 Å². The van der Waals surface area contributed by atoms with Gasteiger partial charge in [0.05, 0.1) is 19.2 Å². The molecule has 2 aromatic rings. The number of nitrogens with zero attached hydrogens (tertiary/aromatic N) is 2. The molecule has 0 aliphatic rings. The third-order valence-electron chi connectivity index (χ3n) is 2.65. The summed E-state index contributed by atoms with van der Waals surface area (Å²) in [4.78, 5) is 0. The molecule has 0 atom stereocenters. The van der Waals surface area contributed by atoms with Crippen molar-refractivity contribution in [1.82, 2.24) is 15.5 Å². The Bertz CT molecular complexity index is 592. The van der Waals surface area contributed by atoms with Crippen LogP contribution in [0.2, 0.25) is 0 Å². The van der Waals surface area contributed by atoms with E-state index in [-0.39, 0.29) is 11.4 Å². The number of benzene rings is 1. The largest absolute Gasteiger partial charge is 0.496 e. The lowest BCUT2D eigenvalue weighted by Crippen LogP contribution is -2.35. The van der Waals surface area contributed by atoms with E-state index >= 15 is 0 Å². The molecule has 108 valence electrons. The normalized spacial score (nSPS) is 11.7. The molecule has 4 nitrogen and oxygen atoms in total. The lowest BCUT2D eigenvalue weighted by atomic mass is 10.1. The van der Waals surface area contributed by atoms with Gasteiger partial charge in [-0.05, 0) is 32.9 Å². The SMILES string of the molecule is COc1cccc(F)c1-c1nnc(CNC(C)(C)C)s1. The molecule has 0 spiro atoms. The van der Waals surface area contributed by atoms with Gasteiger partial charge in [0.1, 0.15) is 16.6 Å². The molecule has 0 saturated carbocycles. The van der Waals surface area contributed by atoms with Crippen LogP contribution in [0.15, 0.2) is 18.2 Å². The highest BCUT2D eigenvalue weighted by Crippen LogP contribution is 2.34. The highest BCUT2D eigenvalue weighted by atomic mass is 32.1. The summed E-state index contributed by atoms with van der Waals surface area (Å²) in [5, 5.41) is 12.8. The van der Waals surface area contributed by atoms with Gasteiger partial charge in [-0.3, -0.25) is 0 Å². The standard InChI is InChI=1S/C14H18FN3OS/c1-14(2,3)16-8-11-17-18-13(20-11)12-9(15)6-5-7-10(12)19-4/h5-7,16H,8H2,1-4H3. The Hall–Kier alpha value is -1.53. The summed E-state index contributed by atoms with van der Waals surface area (Å²) in [7, 11) is 1.52. The van der Waals surface area contributed by atoms with E-state index in [1.165, 1.54) is 24.5 Å². The quantitative estimate of drug-likeness (QED) is 0.940. The minimum atomic E-state index is -0.351. The topological polar surface area (TPSA) is 47.0 Å². The van der Waals surface area contributed by atoms with Gasteiger partial charge in [0, 0.05) is 5.54 Å². The molecule has 0 aliphatic carbocycles. The summed E-state index contributed by atoms with van der Waals surface area (Å²) < 4.78 is 19.1. The third-order valence-corrected chi connectivity index (χ3v) is 3.59. The predicted molar refractivity (Wildman–Crippen MR) is 78.4 cm³/mol. The van der Waals surface area contributed by atoms with Gasteiger partial charge in [-0.25, -0.2) is 4.39 Å². The zero-order chi connectivity index (χ0) is 14.8. The van der Waals surface area contributed by atoms with E-state index < -0.39 is 0 Å². The van der Waals surface area contributed by atoms with Crippen LogP contribution in [-0.2, 0) is 6.54 Å². The summed E-state index contributed by atoms with van der Waals surface area (Å²) >= 11 is 1.37. The van der Waals surface area contributed by atoms with Crippen LogP contribution in [0.3, 0.4) is 0 Å². The van der Waals surface area contributed by atoms with Crippen molar-refractivity contribution in [2.75, 3.05) is 7.11 Å². The maximum atomic E-state index is 14.0. The Labute approximate surface area is 122 Å². The molecule has 6 heteroatoms. The lowest BCUT2D eigenvalue weighted by molar-refractivity contribution is 0.413. The molecular formula is C14H18FN3OS. The van der Waals surface area contributed by atoms with Crippen LogP contribution < -0.4 is 10.1 Å². The fraction of sp³-hybridized carbons (Fsp3) is 0.429. The van der Waals surface area contributed by atoms with Crippen molar-refractivity contribution < 1.29 is 9.13 Å².